The normalized spacial score (nSPS) is 12.9. The van der Waals surface area contributed by atoms with Crippen molar-refractivity contribution in [3.05, 3.63) is 204 Å². The Morgan fingerprint density at radius 2 is 0.804 bits per heavy atom. The smallest absolute Gasteiger partial charge is 0.194 e. The van der Waals surface area contributed by atoms with E-state index in [9.17, 15) is 4.79 Å². The molecule has 9 aromatic rings. The first-order valence-electron chi connectivity index (χ1n) is 18.7. The molecule has 0 atom stereocenters. The van der Waals surface area contributed by atoms with Crippen LogP contribution < -0.4 is 15.2 Å². The summed E-state index contributed by atoms with van der Waals surface area (Å²) in [6, 6.07) is 68.4. The van der Waals surface area contributed by atoms with E-state index < -0.39 is 0 Å². The van der Waals surface area contributed by atoms with Crippen molar-refractivity contribution in [2.45, 2.75) is 19.6 Å². The lowest BCUT2D eigenvalue weighted by atomic mass is 9.90. The fourth-order valence-electron chi connectivity index (χ4n) is 8.32. The maximum Gasteiger partial charge on any atom is 0.194 e. The number of rotatable bonds is 4. The highest BCUT2D eigenvalue weighted by atomic mass is 32.2. The first-order chi connectivity index (χ1) is 27.7. The Bertz CT molecular complexity index is 3010. The molecule has 2 aliphatic heterocycles. The van der Waals surface area contributed by atoms with Crippen LogP contribution in [0, 0.1) is 0 Å². The van der Waals surface area contributed by atoms with Crippen LogP contribution in [-0.4, -0.2) is 0 Å². The van der Waals surface area contributed by atoms with Crippen LogP contribution in [-0.2, 0) is 0 Å². The molecule has 0 unspecified atom stereocenters. The summed E-state index contributed by atoms with van der Waals surface area (Å²) < 4.78 is 0. The van der Waals surface area contributed by atoms with Crippen LogP contribution >= 0.6 is 23.5 Å². The molecule has 56 heavy (non-hydrogen) atoms. The molecule has 3 nitrogen and oxygen atoms in total. The Balaban J connectivity index is 1.21. The van der Waals surface area contributed by atoms with Crippen molar-refractivity contribution in [3.63, 3.8) is 0 Å². The molecule has 264 valence electrons. The van der Waals surface area contributed by atoms with Crippen molar-refractivity contribution >= 4 is 79.2 Å². The van der Waals surface area contributed by atoms with Gasteiger partial charge in [-0.3, -0.25) is 4.79 Å². The van der Waals surface area contributed by atoms with Gasteiger partial charge in [0, 0.05) is 41.6 Å². The fraction of sp³-hybridized carbons (Fsp3) is 0. The molecule has 5 heteroatoms. The molecule has 11 rings (SSSR count). The van der Waals surface area contributed by atoms with E-state index in [1.165, 1.54) is 19.6 Å². The monoisotopic (exact) mass is 752 g/mol. The first-order valence-corrected chi connectivity index (χ1v) is 20.4. The lowest BCUT2D eigenvalue weighted by Gasteiger charge is -2.37. The third-order valence-electron chi connectivity index (χ3n) is 10.8. The Morgan fingerprint density at radius 1 is 0.339 bits per heavy atom. The summed E-state index contributed by atoms with van der Waals surface area (Å²) in [7, 11) is 0. The minimum Gasteiger partial charge on any atom is -0.308 e. The second-order valence-corrected chi connectivity index (χ2v) is 16.2. The van der Waals surface area contributed by atoms with Crippen molar-refractivity contribution in [1.82, 2.24) is 0 Å². The van der Waals surface area contributed by atoms with Crippen LogP contribution in [0.3, 0.4) is 0 Å². The highest BCUT2D eigenvalue weighted by Crippen LogP contribution is 2.56. The third-order valence-corrected chi connectivity index (χ3v) is 13.1. The average molecular weight is 753 g/mol. The molecule has 0 bridgehead atoms. The van der Waals surface area contributed by atoms with E-state index in [2.05, 4.69) is 174 Å². The van der Waals surface area contributed by atoms with E-state index in [1.807, 2.05) is 53.9 Å². The van der Waals surface area contributed by atoms with Crippen molar-refractivity contribution in [3.8, 4) is 22.3 Å². The van der Waals surface area contributed by atoms with E-state index in [-0.39, 0.29) is 5.43 Å². The standard InChI is InChI=1S/C51H32N2OS2/c54-51-36-16-2-1-14-33(36)28-29-34-15-13-19-40(50(34)51)38-18-4-3-17-37(38)39-31-30-35(52-41-20-5-9-24-46(41)55-47-25-10-6-21-42(47)52)32-45(39)53-43-22-7-11-26-48(43)56-49-27-12-8-23-44(49)53/h1-32H. The Labute approximate surface area is 333 Å². The number of hydrogen-bond acceptors (Lipinski definition) is 5. The van der Waals surface area contributed by atoms with Gasteiger partial charge in [-0.05, 0) is 88.1 Å². The lowest BCUT2D eigenvalue weighted by Crippen LogP contribution is -2.18. The second kappa shape index (κ2) is 13.3. The van der Waals surface area contributed by atoms with Crippen LogP contribution in [0.2, 0.25) is 0 Å². The van der Waals surface area contributed by atoms with Gasteiger partial charge >= 0.3 is 0 Å². The number of benzene rings is 8. The first kappa shape index (κ1) is 32.9. The van der Waals surface area contributed by atoms with Gasteiger partial charge in [-0.1, -0.05) is 157 Å². The van der Waals surface area contributed by atoms with Crippen molar-refractivity contribution in [2.24, 2.45) is 0 Å². The molecular weight excluding hydrogens is 721 g/mol. The topological polar surface area (TPSA) is 23.6 Å². The number of nitrogens with zero attached hydrogens (tertiary/aromatic N) is 2. The molecule has 2 aliphatic rings. The molecule has 0 saturated heterocycles. The van der Waals surface area contributed by atoms with Gasteiger partial charge in [0.1, 0.15) is 0 Å². The van der Waals surface area contributed by atoms with E-state index in [0.717, 1.165) is 77.9 Å². The highest BCUT2D eigenvalue weighted by molar-refractivity contribution is 8.00. The summed E-state index contributed by atoms with van der Waals surface area (Å²) in [5.74, 6) is 0. The van der Waals surface area contributed by atoms with E-state index in [4.69, 9.17) is 0 Å². The Kier molecular flexibility index (Phi) is 7.83. The van der Waals surface area contributed by atoms with Gasteiger partial charge in [-0.15, -0.1) is 0 Å². The molecular formula is C51H32N2OS2. The van der Waals surface area contributed by atoms with Gasteiger partial charge in [-0.2, -0.15) is 0 Å². The highest BCUT2D eigenvalue weighted by Gasteiger charge is 2.30. The molecule has 0 N–H and O–H groups in total. The summed E-state index contributed by atoms with van der Waals surface area (Å²) in [5, 5.41) is 3.30. The summed E-state index contributed by atoms with van der Waals surface area (Å²) >= 11 is 3.63. The predicted octanol–water partition coefficient (Wildman–Crippen LogP) is 14.6. The molecule has 0 spiro atoms. The third kappa shape index (κ3) is 5.27. The van der Waals surface area contributed by atoms with Gasteiger partial charge in [-0.25, -0.2) is 0 Å². The van der Waals surface area contributed by atoms with E-state index >= 15 is 0 Å². The number of hydrogen-bond donors (Lipinski definition) is 0. The van der Waals surface area contributed by atoms with Gasteiger partial charge in [0.05, 0.1) is 28.4 Å². The zero-order valence-electron chi connectivity index (χ0n) is 30.1. The Morgan fingerprint density at radius 3 is 1.43 bits per heavy atom. The zero-order chi connectivity index (χ0) is 37.2. The largest absolute Gasteiger partial charge is 0.308 e. The van der Waals surface area contributed by atoms with Crippen LogP contribution in [0.5, 0.6) is 0 Å². The summed E-state index contributed by atoms with van der Waals surface area (Å²) in [4.78, 5) is 24.2. The van der Waals surface area contributed by atoms with Crippen molar-refractivity contribution in [2.75, 3.05) is 9.80 Å². The van der Waals surface area contributed by atoms with E-state index in [0.29, 0.717) is 0 Å². The molecule has 0 saturated carbocycles. The molecule has 9 aromatic carbocycles. The summed E-state index contributed by atoms with van der Waals surface area (Å²) in [5.41, 5.74) is 10.8. The molecule has 0 aromatic heterocycles. The van der Waals surface area contributed by atoms with Gasteiger partial charge in [0.2, 0.25) is 0 Å². The Hall–Kier alpha value is -6.53. The second-order valence-electron chi connectivity index (χ2n) is 14.0. The molecule has 0 radical (unpaired) electrons. The molecule has 0 aliphatic carbocycles. The maximum atomic E-state index is 14.5. The lowest BCUT2D eigenvalue weighted by molar-refractivity contribution is 1.15. The van der Waals surface area contributed by atoms with Gasteiger partial charge < -0.3 is 9.80 Å². The number of fused-ring (bicyclic) bond motifs is 6. The number of para-hydroxylation sites is 4. The summed E-state index contributed by atoms with van der Waals surface area (Å²) in [6.45, 7) is 0. The molecule has 0 fully saturated rings. The van der Waals surface area contributed by atoms with Crippen LogP contribution in [0.15, 0.2) is 219 Å². The molecule has 0 amide bonds. The molecule has 2 heterocycles. The van der Waals surface area contributed by atoms with Crippen LogP contribution in [0.25, 0.3) is 43.8 Å². The fourth-order valence-corrected chi connectivity index (χ4v) is 10.4. The van der Waals surface area contributed by atoms with Gasteiger partial charge in [0.25, 0.3) is 0 Å². The minimum atomic E-state index is 0.0396. The number of anilines is 6. The SMILES string of the molecule is O=c1c2ccccc2ccc2cccc(-c3ccccc3-c3ccc(N4c5ccccc5Sc5ccccc54)cc3N3c4ccccc4Sc4ccccc43)c12. The average Bonchev–Trinajstić information content (AvgIpc) is 3.40. The van der Waals surface area contributed by atoms with Gasteiger partial charge in [0.15, 0.2) is 5.43 Å². The van der Waals surface area contributed by atoms with Crippen molar-refractivity contribution < 1.29 is 0 Å². The van der Waals surface area contributed by atoms with Crippen LogP contribution in [0.4, 0.5) is 34.1 Å². The summed E-state index contributed by atoms with van der Waals surface area (Å²) in [6.07, 6.45) is 0. The maximum absolute atomic E-state index is 14.5. The minimum absolute atomic E-state index is 0.0396. The zero-order valence-corrected chi connectivity index (χ0v) is 31.7. The van der Waals surface area contributed by atoms with Crippen molar-refractivity contribution in [1.29, 1.82) is 0 Å². The quantitative estimate of drug-likeness (QED) is 0.178. The van der Waals surface area contributed by atoms with Crippen LogP contribution in [0.1, 0.15) is 0 Å². The predicted molar refractivity (Wildman–Crippen MR) is 236 cm³/mol. The van der Waals surface area contributed by atoms with E-state index in [1.54, 1.807) is 0 Å².